The molecule has 0 heterocycles. The van der Waals surface area contributed by atoms with E-state index < -0.39 is 0 Å². The Hall–Kier alpha value is -1.71. The molecule has 0 saturated carbocycles. The molecule has 3 N–H and O–H groups in total. The molecule has 0 fully saturated rings. The van der Waals surface area contributed by atoms with Crippen molar-refractivity contribution < 1.29 is 9.53 Å². The second kappa shape index (κ2) is 6.89. The van der Waals surface area contributed by atoms with Crippen molar-refractivity contribution in [2.45, 2.75) is 26.7 Å². The second-order valence-electron chi connectivity index (χ2n) is 4.33. The van der Waals surface area contributed by atoms with Crippen molar-refractivity contribution in [3.8, 4) is 5.75 Å². The van der Waals surface area contributed by atoms with Crippen LogP contribution in [0.3, 0.4) is 0 Å². The number of hydrogen-bond donors (Lipinski definition) is 2. The number of ether oxygens (including phenoxy) is 1. The highest BCUT2D eigenvalue weighted by Crippen LogP contribution is 2.23. The summed E-state index contributed by atoms with van der Waals surface area (Å²) in [6.07, 6.45) is 2.13. The highest BCUT2D eigenvalue weighted by Gasteiger charge is 2.13. The van der Waals surface area contributed by atoms with Crippen LogP contribution in [0.25, 0.3) is 0 Å². The fourth-order valence-corrected chi connectivity index (χ4v) is 1.71. The normalized spacial score (nSPS) is 10.4. The number of amides is 1. The minimum absolute atomic E-state index is 0.158. The van der Waals surface area contributed by atoms with E-state index in [1.807, 2.05) is 0 Å². The Labute approximate surface area is 109 Å². The fraction of sp³-hybridized carbons (Fsp3) is 0.500. The highest BCUT2D eigenvalue weighted by molar-refractivity contribution is 5.97. The molecule has 1 rings (SSSR count). The first-order chi connectivity index (χ1) is 8.62. The van der Waals surface area contributed by atoms with E-state index in [1.54, 1.807) is 25.2 Å². The summed E-state index contributed by atoms with van der Waals surface area (Å²) in [4.78, 5) is 11.7. The minimum atomic E-state index is -0.158. The van der Waals surface area contributed by atoms with Gasteiger partial charge in [-0.15, -0.1) is 0 Å². The van der Waals surface area contributed by atoms with Crippen molar-refractivity contribution in [3.05, 3.63) is 23.8 Å². The molecule has 0 bridgehead atoms. The summed E-state index contributed by atoms with van der Waals surface area (Å²) >= 11 is 0. The molecule has 1 aromatic rings. The number of hydrogen-bond acceptors (Lipinski definition) is 3. The summed E-state index contributed by atoms with van der Waals surface area (Å²) in [5.41, 5.74) is 6.85. The summed E-state index contributed by atoms with van der Waals surface area (Å²) < 4.78 is 5.74. The van der Waals surface area contributed by atoms with E-state index in [0.717, 1.165) is 12.8 Å². The molecule has 0 aliphatic heterocycles. The lowest BCUT2D eigenvalue weighted by Crippen LogP contribution is -2.20. The second-order valence-corrected chi connectivity index (χ2v) is 4.33. The summed E-state index contributed by atoms with van der Waals surface area (Å²) in [7, 11) is 1.60. The van der Waals surface area contributed by atoms with Gasteiger partial charge in [0.2, 0.25) is 0 Å². The number of nitrogens with two attached hydrogens (primary N) is 1. The van der Waals surface area contributed by atoms with E-state index in [0.29, 0.717) is 29.5 Å². The van der Waals surface area contributed by atoms with Crippen LogP contribution >= 0.6 is 0 Å². The molecular formula is C14H22N2O2. The number of carbonyl (C=O) groups is 1. The van der Waals surface area contributed by atoms with Gasteiger partial charge in [0.25, 0.3) is 5.91 Å². The molecule has 0 spiro atoms. The van der Waals surface area contributed by atoms with Gasteiger partial charge in [0.15, 0.2) is 0 Å². The van der Waals surface area contributed by atoms with Gasteiger partial charge < -0.3 is 15.8 Å². The van der Waals surface area contributed by atoms with Crippen LogP contribution in [-0.4, -0.2) is 19.6 Å². The van der Waals surface area contributed by atoms with Crippen molar-refractivity contribution in [2.75, 3.05) is 19.4 Å². The number of benzene rings is 1. The molecule has 0 aliphatic rings. The maximum absolute atomic E-state index is 11.7. The van der Waals surface area contributed by atoms with Crippen molar-refractivity contribution in [1.82, 2.24) is 5.32 Å². The van der Waals surface area contributed by atoms with Gasteiger partial charge in [0.05, 0.1) is 12.2 Å². The highest BCUT2D eigenvalue weighted by atomic mass is 16.5. The Morgan fingerprint density at radius 1 is 1.39 bits per heavy atom. The largest absolute Gasteiger partial charge is 0.492 e. The summed E-state index contributed by atoms with van der Waals surface area (Å²) in [6, 6.07) is 5.10. The molecular weight excluding hydrogens is 228 g/mol. The number of nitrogens with one attached hydrogen (secondary N) is 1. The Morgan fingerprint density at radius 2 is 2.06 bits per heavy atom. The van der Waals surface area contributed by atoms with Gasteiger partial charge in [-0.05, 0) is 18.1 Å². The van der Waals surface area contributed by atoms with Crippen LogP contribution in [0.15, 0.2) is 18.2 Å². The summed E-state index contributed by atoms with van der Waals surface area (Å²) in [6.45, 7) is 4.88. The Kier molecular flexibility index (Phi) is 5.49. The molecule has 4 heteroatoms. The molecule has 0 saturated heterocycles. The zero-order valence-electron chi connectivity index (χ0n) is 11.3. The van der Waals surface area contributed by atoms with Crippen molar-refractivity contribution in [1.29, 1.82) is 0 Å². The van der Waals surface area contributed by atoms with Gasteiger partial charge in [-0.25, -0.2) is 0 Å². The van der Waals surface area contributed by atoms with Crippen LogP contribution in [0, 0.1) is 5.92 Å². The quantitative estimate of drug-likeness (QED) is 0.762. The number of nitrogen functional groups attached to an aromatic ring is 1. The topological polar surface area (TPSA) is 64.3 Å². The van der Waals surface area contributed by atoms with E-state index >= 15 is 0 Å². The smallest absolute Gasteiger partial charge is 0.254 e. The van der Waals surface area contributed by atoms with Crippen molar-refractivity contribution in [3.63, 3.8) is 0 Å². The van der Waals surface area contributed by atoms with Gasteiger partial charge in [0, 0.05) is 18.8 Å². The average molecular weight is 250 g/mol. The maximum Gasteiger partial charge on any atom is 0.254 e. The molecule has 0 radical (unpaired) electrons. The zero-order chi connectivity index (χ0) is 13.5. The third kappa shape index (κ3) is 3.65. The van der Waals surface area contributed by atoms with E-state index in [4.69, 9.17) is 10.5 Å². The molecule has 1 amide bonds. The Balaban J connectivity index is 2.85. The van der Waals surface area contributed by atoms with Gasteiger partial charge in [0.1, 0.15) is 5.75 Å². The number of anilines is 1. The lowest BCUT2D eigenvalue weighted by atomic mass is 10.1. The lowest BCUT2D eigenvalue weighted by molar-refractivity contribution is 0.0958. The molecule has 4 nitrogen and oxygen atoms in total. The third-order valence-corrected chi connectivity index (χ3v) is 3.11. The van der Waals surface area contributed by atoms with E-state index in [1.165, 1.54) is 0 Å². The molecule has 0 atom stereocenters. The van der Waals surface area contributed by atoms with Crippen LogP contribution in [0.5, 0.6) is 5.75 Å². The van der Waals surface area contributed by atoms with Gasteiger partial charge >= 0.3 is 0 Å². The van der Waals surface area contributed by atoms with Gasteiger partial charge in [-0.3, -0.25) is 4.79 Å². The van der Waals surface area contributed by atoms with E-state index in [-0.39, 0.29) is 5.91 Å². The van der Waals surface area contributed by atoms with Crippen LogP contribution in [-0.2, 0) is 0 Å². The fourth-order valence-electron chi connectivity index (χ4n) is 1.71. The minimum Gasteiger partial charge on any atom is -0.492 e. The standard InChI is InChI=1S/C14H22N2O2/c1-4-10(5-2)9-18-13-8-11(15)6-7-12(13)14(17)16-3/h6-8,10H,4-5,9,15H2,1-3H3,(H,16,17). The van der Waals surface area contributed by atoms with Gasteiger partial charge in [-0.2, -0.15) is 0 Å². The van der Waals surface area contributed by atoms with Crippen LogP contribution < -0.4 is 15.8 Å². The third-order valence-electron chi connectivity index (χ3n) is 3.11. The number of rotatable bonds is 6. The SMILES string of the molecule is CCC(CC)COc1cc(N)ccc1C(=O)NC. The Bertz CT molecular complexity index is 401. The predicted octanol–water partition coefficient (Wildman–Crippen LogP) is 2.44. The molecule has 100 valence electrons. The first-order valence-electron chi connectivity index (χ1n) is 6.36. The van der Waals surface area contributed by atoms with Crippen LogP contribution in [0.4, 0.5) is 5.69 Å². The molecule has 18 heavy (non-hydrogen) atoms. The number of carbonyl (C=O) groups excluding carboxylic acids is 1. The van der Waals surface area contributed by atoms with Crippen LogP contribution in [0.1, 0.15) is 37.0 Å². The average Bonchev–Trinajstić information content (AvgIpc) is 2.39. The first kappa shape index (κ1) is 14.4. The molecule has 0 aromatic heterocycles. The summed E-state index contributed by atoms with van der Waals surface area (Å²) in [5.74, 6) is 0.903. The molecule has 1 aromatic carbocycles. The van der Waals surface area contributed by atoms with Crippen molar-refractivity contribution >= 4 is 11.6 Å². The predicted molar refractivity (Wildman–Crippen MR) is 73.8 cm³/mol. The van der Waals surface area contributed by atoms with Gasteiger partial charge in [-0.1, -0.05) is 26.7 Å². The molecule has 0 aliphatic carbocycles. The van der Waals surface area contributed by atoms with E-state index in [2.05, 4.69) is 19.2 Å². The Morgan fingerprint density at radius 3 is 2.61 bits per heavy atom. The zero-order valence-corrected chi connectivity index (χ0v) is 11.3. The van der Waals surface area contributed by atoms with Crippen LogP contribution in [0.2, 0.25) is 0 Å². The monoisotopic (exact) mass is 250 g/mol. The maximum atomic E-state index is 11.7. The van der Waals surface area contributed by atoms with Crippen molar-refractivity contribution in [2.24, 2.45) is 5.92 Å². The first-order valence-corrected chi connectivity index (χ1v) is 6.36. The molecule has 0 unspecified atom stereocenters. The lowest BCUT2D eigenvalue weighted by Gasteiger charge is -2.16. The summed E-state index contributed by atoms with van der Waals surface area (Å²) in [5, 5.41) is 2.60. The van der Waals surface area contributed by atoms with E-state index in [9.17, 15) is 4.79 Å².